The van der Waals surface area contributed by atoms with E-state index in [2.05, 4.69) is 10.6 Å². The Hall–Kier alpha value is -3.16. The Kier molecular flexibility index (Phi) is 10.3. The van der Waals surface area contributed by atoms with Gasteiger partial charge in [0.2, 0.25) is 5.91 Å². The Morgan fingerprint density at radius 2 is 1.96 bits per heavy atom. The van der Waals surface area contributed by atoms with Crippen molar-refractivity contribution in [1.29, 1.82) is 0 Å². The zero-order valence-corrected chi connectivity index (χ0v) is 27.4. The van der Waals surface area contributed by atoms with Crippen LogP contribution >= 0.6 is 11.6 Å². The van der Waals surface area contributed by atoms with Gasteiger partial charge in [-0.1, -0.05) is 42.3 Å². The molecule has 2 amide bonds. The maximum atomic E-state index is 13.5. The average Bonchev–Trinajstić information content (AvgIpc) is 3.62. The van der Waals surface area contributed by atoms with Crippen LogP contribution in [0.15, 0.2) is 35.9 Å². The molecule has 13 heteroatoms. The number of epoxide rings is 1. The lowest BCUT2D eigenvalue weighted by Gasteiger charge is -2.42. The van der Waals surface area contributed by atoms with Gasteiger partial charge in [-0.2, -0.15) is 0 Å². The first-order valence-corrected chi connectivity index (χ1v) is 15.2. The van der Waals surface area contributed by atoms with E-state index in [1.54, 1.807) is 38.1 Å². The van der Waals surface area contributed by atoms with Gasteiger partial charge in [0.25, 0.3) is 0 Å². The fourth-order valence-electron chi connectivity index (χ4n) is 5.96. The van der Waals surface area contributed by atoms with E-state index in [1.807, 2.05) is 13.0 Å². The van der Waals surface area contributed by atoms with Crippen LogP contribution in [0.4, 0.5) is 10.5 Å². The fourth-order valence-corrected chi connectivity index (χ4v) is 6.20. The molecule has 2 saturated heterocycles. The minimum atomic E-state index is -1.80. The van der Waals surface area contributed by atoms with Crippen molar-refractivity contribution in [3.05, 3.63) is 46.5 Å². The summed E-state index contributed by atoms with van der Waals surface area (Å²) in [4.78, 5) is 39.0. The van der Waals surface area contributed by atoms with Crippen molar-refractivity contribution in [2.45, 2.75) is 102 Å². The molecule has 7 unspecified atom stereocenters. The monoisotopic (exact) mass is 650 g/mol. The van der Waals surface area contributed by atoms with Crippen LogP contribution in [-0.2, 0) is 35.0 Å². The van der Waals surface area contributed by atoms with Gasteiger partial charge in [-0.15, -0.1) is 0 Å². The minimum Gasteiger partial charge on any atom is -0.495 e. The number of methoxy groups -OCH3 is 2. The van der Waals surface area contributed by atoms with Crippen molar-refractivity contribution in [3.8, 4) is 5.75 Å². The number of hydrogen-bond donors (Lipinski definition) is 4. The smallest absolute Gasteiger partial charge is 0.409 e. The molecule has 0 saturated carbocycles. The molecule has 248 valence electrons. The Morgan fingerprint density at radius 3 is 2.60 bits per heavy atom. The van der Waals surface area contributed by atoms with Crippen LogP contribution < -0.4 is 15.4 Å². The van der Waals surface area contributed by atoms with Gasteiger partial charge in [0, 0.05) is 19.4 Å². The van der Waals surface area contributed by atoms with E-state index in [1.165, 1.54) is 28.1 Å². The number of amides is 2. The third kappa shape index (κ3) is 8.17. The van der Waals surface area contributed by atoms with Gasteiger partial charge < -0.3 is 39.2 Å². The molecular weight excluding hydrogens is 608 g/mol. The molecule has 0 radical (unpaired) electrons. The standard InChI is InChI=1S/C32H43ClN2O10/c1-17-9-8-10-23(42-7)32(40)15-22(43-29(38)35-32)18(2)28-31(5,45-28)24(44-26(37)16-30(3,4)39)14-25(36)34-20-12-19(11-17)13-21(41-6)27(20)33/h8-10,12-13,18,22-24,28,39-40H,11,14-16H2,1-7H3,(H,34,36)(H,35,38). The molecule has 12 nitrogen and oxygen atoms in total. The van der Waals surface area contributed by atoms with E-state index in [9.17, 15) is 24.6 Å². The summed E-state index contributed by atoms with van der Waals surface area (Å²) in [6.45, 7) is 8.35. The highest BCUT2D eigenvalue weighted by Gasteiger charge is 2.64. The number of anilines is 1. The van der Waals surface area contributed by atoms with Crippen molar-refractivity contribution in [2.75, 3.05) is 19.5 Å². The number of rotatable bonds is 5. The molecule has 4 N–H and O–H groups in total. The molecule has 3 aliphatic heterocycles. The number of ether oxygens (including phenoxy) is 5. The summed E-state index contributed by atoms with van der Waals surface area (Å²) in [6.07, 6.45) is 0.792. The Balaban J connectivity index is 1.75. The molecular formula is C32H43ClN2O10. The van der Waals surface area contributed by atoms with Gasteiger partial charge in [0.15, 0.2) is 5.72 Å². The molecule has 3 aliphatic rings. The summed E-state index contributed by atoms with van der Waals surface area (Å²) in [5.41, 5.74) is -2.25. The lowest BCUT2D eigenvalue weighted by atomic mass is 9.83. The van der Waals surface area contributed by atoms with Crippen LogP contribution in [0.25, 0.3) is 0 Å². The first-order chi connectivity index (χ1) is 21.0. The topological polar surface area (TPSA) is 165 Å². The van der Waals surface area contributed by atoms with Gasteiger partial charge in [-0.3, -0.25) is 14.9 Å². The summed E-state index contributed by atoms with van der Waals surface area (Å²) >= 11 is 6.57. The van der Waals surface area contributed by atoms with Crippen molar-refractivity contribution < 1.29 is 48.3 Å². The lowest BCUT2D eigenvalue weighted by molar-refractivity contribution is -0.157. The number of fused-ring (bicyclic) bond motifs is 5. The third-order valence-corrected chi connectivity index (χ3v) is 8.76. The van der Waals surface area contributed by atoms with Gasteiger partial charge in [0.05, 0.1) is 37.3 Å². The summed E-state index contributed by atoms with van der Waals surface area (Å²) in [5.74, 6) is -1.35. The number of aliphatic hydroxyl groups is 2. The molecule has 1 aromatic carbocycles. The second kappa shape index (κ2) is 13.3. The quantitative estimate of drug-likeness (QED) is 0.272. The molecule has 0 aromatic heterocycles. The van der Waals surface area contributed by atoms with Crippen molar-refractivity contribution in [3.63, 3.8) is 0 Å². The van der Waals surface area contributed by atoms with Gasteiger partial charge in [0.1, 0.15) is 34.7 Å². The van der Waals surface area contributed by atoms with Crippen LogP contribution in [0.2, 0.25) is 5.02 Å². The van der Waals surface area contributed by atoms with Crippen molar-refractivity contribution in [2.24, 2.45) is 5.92 Å². The first kappa shape index (κ1) is 34.7. The van der Waals surface area contributed by atoms with Crippen LogP contribution in [0.3, 0.4) is 0 Å². The highest BCUT2D eigenvalue weighted by Crippen LogP contribution is 2.49. The fraction of sp³-hybridized carbons (Fsp3) is 0.594. The number of halogens is 1. The number of esters is 1. The summed E-state index contributed by atoms with van der Waals surface area (Å²) < 4.78 is 28.5. The second-order valence-corrected chi connectivity index (χ2v) is 13.3. The van der Waals surface area contributed by atoms with Crippen molar-refractivity contribution in [1.82, 2.24) is 5.32 Å². The largest absolute Gasteiger partial charge is 0.495 e. The van der Waals surface area contributed by atoms with Crippen LogP contribution in [0.1, 0.15) is 59.4 Å². The molecule has 1 aromatic rings. The van der Waals surface area contributed by atoms with Crippen LogP contribution in [-0.4, -0.2) is 83.7 Å². The number of hydrogen-bond acceptors (Lipinski definition) is 10. The predicted molar refractivity (Wildman–Crippen MR) is 165 cm³/mol. The average molecular weight is 651 g/mol. The summed E-state index contributed by atoms with van der Waals surface area (Å²) in [5, 5.41) is 27.3. The number of carbonyl (C=O) groups is 3. The van der Waals surface area contributed by atoms with E-state index in [-0.39, 0.29) is 24.3 Å². The molecule has 0 spiro atoms. The van der Waals surface area contributed by atoms with Crippen LogP contribution in [0, 0.1) is 5.92 Å². The predicted octanol–water partition coefficient (Wildman–Crippen LogP) is 3.80. The maximum absolute atomic E-state index is 13.5. The molecule has 4 bridgehead atoms. The number of alkyl carbamates (subject to hydrolysis) is 1. The summed E-state index contributed by atoms with van der Waals surface area (Å²) in [6, 6.07) is 3.51. The van der Waals surface area contributed by atoms with E-state index >= 15 is 0 Å². The number of nitrogens with one attached hydrogen (secondary N) is 2. The number of benzene rings is 1. The van der Waals surface area contributed by atoms with E-state index in [4.69, 9.17) is 35.3 Å². The lowest BCUT2D eigenvalue weighted by Crippen LogP contribution is -2.63. The van der Waals surface area contributed by atoms with E-state index < -0.39 is 65.2 Å². The highest BCUT2D eigenvalue weighted by atomic mass is 35.5. The second-order valence-electron chi connectivity index (χ2n) is 12.9. The van der Waals surface area contributed by atoms with E-state index in [0.717, 1.165) is 11.1 Å². The number of carbonyl (C=O) groups excluding carboxylic acids is 3. The van der Waals surface area contributed by atoms with Gasteiger partial charge in [-0.25, -0.2) is 4.79 Å². The molecule has 2 fully saturated rings. The molecule has 0 aliphatic carbocycles. The zero-order chi connectivity index (χ0) is 33.3. The highest BCUT2D eigenvalue weighted by molar-refractivity contribution is 6.35. The number of allylic oxidation sites excluding steroid dienone is 3. The first-order valence-electron chi connectivity index (χ1n) is 14.8. The SMILES string of the molecule is COc1cc2cc(c1Cl)NC(=O)CC(OC(=O)CC(C)(C)O)C1(C)OC1C(C)C1CC(O)(NC(=O)O1)C(OC)C=CC=C(C)C2. The van der Waals surface area contributed by atoms with E-state index in [0.29, 0.717) is 17.9 Å². The minimum absolute atomic E-state index is 0.0326. The summed E-state index contributed by atoms with van der Waals surface area (Å²) in [7, 11) is 2.90. The van der Waals surface area contributed by atoms with Gasteiger partial charge >= 0.3 is 12.1 Å². The molecule has 3 heterocycles. The van der Waals surface area contributed by atoms with Crippen LogP contribution in [0.5, 0.6) is 5.75 Å². The third-order valence-electron chi connectivity index (χ3n) is 8.37. The molecule has 7 atom stereocenters. The zero-order valence-electron chi connectivity index (χ0n) is 26.6. The Morgan fingerprint density at radius 1 is 1.24 bits per heavy atom. The molecule has 4 rings (SSSR count). The Labute approximate surface area is 268 Å². The maximum Gasteiger partial charge on any atom is 0.409 e. The van der Waals surface area contributed by atoms with Crippen molar-refractivity contribution >= 4 is 35.3 Å². The molecule has 45 heavy (non-hydrogen) atoms. The Bertz CT molecular complexity index is 1370. The normalized spacial score (nSPS) is 32.3. The van der Waals surface area contributed by atoms with Gasteiger partial charge in [-0.05, 0) is 51.8 Å².